The van der Waals surface area contributed by atoms with E-state index in [0.29, 0.717) is 13.0 Å². The third-order valence-electron chi connectivity index (χ3n) is 7.39. The van der Waals surface area contributed by atoms with Crippen molar-refractivity contribution in [2.75, 3.05) is 18.0 Å². The number of rotatable bonds is 4. The lowest BCUT2D eigenvalue weighted by Gasteiger charge is -2.37. The molecule has 2 aromatic heterocycles. The Labute approximate surface area is 183 Å². The number of hydrogen-bond acceptors (Lipinski definition) is 6. The minimum absolute atomic E-state index is 0.0957. The van der Waals surface area contributed by atoms with Crippen molar-refractivity contribution < 1.29 is 9.90 Å². The molecule has 2 fully saturated rings. The monoisotopic (exact) mass is 424 g/mol. The van der Waals surface area contributed by atoms with Crippen LogP contribution < -0.4 is 4.90 Å². The van der Waals surface area contributed by atoms with Gasteiger partial charge in [0.2, 0.25) is 11.9 Å². The third kappa shape index (κ3) is 3.60. The molecule has 31 heavy (non-hydrogen) atoms. The third-order valence-corrected chi connectivity index (χ3v) is 7.39. The highest BCUT2D eigenvalue weighted by Crippen LogP contribution is 2.43. The van der Waals surface area contributed by atoms with E-state index in [9.17, 15) is 9.90 Å². The van der Waals surface area contributed by atoms with E-state index in [1.54, 1.807) is 0 Å². The zero-order valence-corrected chi connectivity index (χ0v) is 18.7. The van der Waals surface area contributed by atoms with E-state index in [2.05, 4.69) is 26.8 Å². The van der Waals surface area contributed by atoms with Gasteiger partial charge in [-0.25, -0.2) is 9.97 Å². The number of aliphatic hydroxyl groups excluding tert-OH is 1. The van der Waals surface area contributed by atoms with Crippen LogP contribution in [0, 0.1) is 13.8 Å². The van der Waals surface area contributed by atoms with Crippen LogP contribution in [0.15, 0.2) is 6.20 Å². The zero-order valence-electron chi connectivity index (χ0n) is 18.7. The van der Waals surface area contributed by atoms with E-state index >= 15 is 0 Å². The van der Waals surface area contributed by atoms with Crippen molar-refractivity contribution in [1.29, 1.82) is 0 Å². The second-order valence-corrected chi connectivity index (χ2v) is 9.34. The summed E-state index contributed by atoms with van der Waals surface area (Å²) in [6, 6.07) is 0.328. The van der Waals surface area contributed by atoms with Crippen molar-refractivity contribution >= 4 is 11.9 Å². The summed E-state index contributed by atoms with van der Waals surface area (Å²) < 4.78 is 1.90. The van der Waals surface area contributed by atoms with Gasteiger partial charge in [-0.3, -0.25) is 9.48 Å². The molecule has 2 saturated heterocycles. The Morgan fingerprint density at radius 2 is 2.10 bits per heavy atom. The van der Waals surface area contributed by atoms with Gasteiger partial charge in [-0.05, 0) is 51.5 Å². The highest BCUT2D eigenvalue weighted by atomic mass is 16.3. The summed E-state index contributed by atoms with van der Waals surface area (Å²) in [7, 11) is 1.95. The average molecular weight is 425 g/mol. The van der Waals surface area contributed by atoms with Gasteiger partial charge in [0.15, 0.2) is 0 Å². The molecule has 0 unspecified atom stereocenters. The Morgan fingerprint density at radius 1 is 1.26 bits per heavy atom. The molecule has 8 nitrogen and oxygen atoms in total. The molecule has 5 heterocycles. The first-order chi connectivity index (χ1) is 14.9. The summed E-state index contributed by atoms with van der Waals surface area (Å²) in [5, 5.41) is 14.5. The van der Waals surface area contributed by atoms with Crippen LogP contribution >= 0.6 is 0 Å². The van der Waals surface area contributed by atoms with Gasteiger partial charge in [0.25, 0.3) is 0 Å². The molecule has 0 saturated carbocycles. The van der Waals surface area contributed by atoms with E-state index in [1.807, 2.05) is 24.9 Å². The molecule has 3 aliphatic heterocycles. The van der Waals surface area contributed by atoms with E-state index in [1.165, 1.54) is 5.56 Å². The first-order valence-electron chi connectivity index (χ1n) is 11.5. The minimum atomic E-state index is -0.301. The lowest BCUT2D eigenvalue weighted by molar-refractivity contribution is -0.134. The molecule has 0 aliphatic carbocycles. The molecule has 3 aliphatic rings. The van der Waals surface area contributed by atoms with Gasteiger partial charge >= 0.3 is 0 Å². The number of amides is 1. The molecule has 0 spiro atoms. The fourth-order valence-corrected chi connectivity index (χ4v) is 5.68. The van der Waals surface area contributed by atoms with Crippen LogP contribution in [0.3, 0.4) is 0 Å². The van der Waals surface area contributed by atoms with Crippen LogP contribution in [0.1, 0.15) is 66.4 Å². The first kappa shape index (κ1) is 20.4. The quantitative estimate of drug-likeness (QED) is 0.808. The minimum Gasteiger partial charge on any atom is -0.391 e. The van der Waals surface area contributed by atoms with E-state index in [-0.39, 0.29) is 24.1 Å². The fourth-order valence-electron chi connectivity index (χ4n) is 5.68. The number of aryl methyl sites for hydroxylation is 2. The van der Waals surface area contributed by atoms with Gasteiger partial charge in [0, 0.05) is 56.5 Å². The number of carbonyl (C=O) groups excluding carboxylic acids is 1. The second kappa shape index (κ2) is 7.89. The molecule has 166 valence electrons. The smallest absolute Gasteiger partial charge is 0.225 e. The predicted molar refractivity (Wildman–Crippen MR) is 117 cm³/mol. The van der Waals surface area contributed by atoms with Crippen LogP contribution in [0.25, 0.3) is 0 Å². The normalized spacial score (nSPS) is 25.1. The van der Waals surface area contributed by atoms with Crippen LogP contribution in [0.2, 0.25) is 0 Å². The van der Waals surface area contributed by atoms with Crippen molar-refractivity contribution in [3.8, 4) is 0 Å². The Hall–Kier alpha value is -2.48. The molecule has 2 bridgehead atoms. The summed E-state index contributed by atoms with van der Waals surface area (Å²) >= 11 is 0. The highest BCUT2D eigenvalue weighted by molar-refractivity contribution is 5.78. The van der Waals surface area contributed by atoms with E-state index < -0.39 is 0 Å². The molecular weight excluding hydrogens is 392 g/mol. The van der Waals surface area contributed by atoms with Gasteiger partial charge in [0.05, 0.1) is 23.5 Å². The lowest BCUT2D eigenvalue weighted by atomic mass is 9.98. The van der Waals surface area contributed by atoms with Gasteiger partial charge < -0.3 is 14.9 Å². The molecular formula is C23H32N6O2. The van der Waals surface area contributed by atoms with Crippen LogP contribution in [0.4, 0.5) is 5.95 Å². The van der Waals surface area contributed by atoms with Crippen molar-refractivity contribution in [1.82, 2.24) is 24.6 Å². The number of carbonyl (C=O) groups is 1. The molecule has 1 amide bonds. The van der Waals surface area contributed by atoms with Crippen LogP contribution in [0.5, 0.6) is 0 Å². The number of anilines is 1. The molecule has 8 heteroatoms. The van der Waals surface area contributed by atoms with E-state index in [0.717, 1.165) is 73.7 Å². The number of fused-ring (bicyclic) bond motifs is 4. The van der Waals surface area contributed by atoms with Gasteiger partial charge in [0.1, 0.15) is 0 Å². The SMILES string of the molecule is Cc1nn(C)c(C)c1CCC(=O)N1[C@H]2CC[C@H]1c1cnc(N3CCC[C@H](O)C3)nc1C2. The maximum atomic E-state index is 13.2. The molecule has 5 rings (SSSR count). The Morgan fingerprint density at radius 3 is 2.84 bits per heavy atom. The van der Waals surface area contributed by atoms with Gasteiger partial charge in [-0.15, -0.1) is 0 Å². The summed E-state index contributed by atoms with van der Waals surface area (Å²) in [6.07, 6.45) is 7.50. The predicted octanol–water partition coefficient (Wildman–Crippen LogP) is 2.01. The average Bonchev–Trinajstić information content (AvgIpc) is 3.20. The standard InChI is InChI=1S/C23H32N6O2/c1-14-18(15(2)27(3)26-14)7-9-22(31)29-16-6-8-21(29)19-12-24-23(25-20(19)11-16)28-10-4-5-17(30)13-28/h12,16-17,21,30H,4-11,13H2,1-3H3/t16-,17-,21-/m0/s1. The fraction of sp³-hybridized carbons (Fsp3) is 0.652. The van der Waals surface area contributed by atoms with Crippen molar-refractivity contribution in [3.63, 3.8) is 0 Å². The highest BCUT2D eigenvalue weighted by Gasteiger charge is 2.43. The Bertz CT molecular complexity index is 1000. The molecule has 2 aromatic rings. The van der Waals surface area contributed by atoms with Gasteiger partial charge in [-0.1, -0.05) is 0 Å². The first-order valence-corrected chi connectivity index (χ1v) is 11.5. The number of hydrogen-bond donors (Lipinski definition) is 1. The Balaban J connectivity index is 1.32. The Kier molecular flexibility index (Phi) is 5.20. The molecule has 1 N–H and O–H groups in total. The van der Waals surface area contributed by atoms with Crippen molar-refractivity contribution in [2.24, 2.45) is 7.05 Å². The number of nitrogens with zero attached hydrogens (tertiary/aromatic N) is 6. The maximum absolute atomic E-state index is 13.2. The van der Waals surface area contributed by atoms with Crippen LogP contribution in [-0.2, 0) is 24.7 Å². The maximum Gasteiger partial charge on any atom is 0.225 e. The van der Waals surface area contributed by atoms with Crippen molar-refractivity contribution in [3.05, 3.63) is 34.4 Å². The second-order valence-electron chi connectivity index (χ2n) is 9.34. The van der Waals surface area contributed by atoms with Crippen LogP contribution in [-0.4, -0.2) is 60.9 Å². The molecule has 3 atom stereocenters. The number of aliphatic hydroxyl groups is 1. The number of piperidine rings is 1. The van der Waals surface area contributed by atoms with Gasteiger partial charge in [-0.2, -0.15) is 5.10 Å². The summed E-state index contributed by atoms with van der Waals surface area (Å²) in [5.41, 5.74) is 5.54. The topological polar surface area (TPSA) is 87.4 Å². The number of aromatic nitrogens is 4. The number of β-amino-alcohol motifs (C(OH)–C–C–N with tert-alkyl or cyclic N) is 1. The van der Waals surface area contributed by atoms with E-state index in [4.69, 9.17) is 4.98 Å². The summed E-state index contributed by atoms with van der Waals surface area (Å²) in [5.74, 6) is 0.947. The molecule has 0 aromatic carbocycles. The largest absolute Gasteiger partial charge is 0.391 e. The molecule has 0 radical (unpaired) electrons. The van der Waals surface area contributed by atoms with Crippen molar-refractivity contribution in [2.45, 2.75) is 77.0 Å². The summed E-state index contributed by atoms with van der Waals surface area (Å²) in [4.78, 5) is 27.0. The zero-order chi connectivity index (χ0) is 21.7. The summed E-state index contributed by atoms with van der Waals surface area (Å²) in [6.45, 7) is 5.57. The lowest BCUT2D eigenvalue weighted by Crippen LogP contribution is -2.43.